The van der Waals surface area contributed by atoms with E-state index in [0.717, 1.165) is 6.20 Å². The summed E-state index contributed by atoms with van der Waals surface area (Å²) in [6, 6.07) is 8.69. The van der Waals surface area contributed by atoms with Gasteiger partial charge in [-0.3, -0.25) is 4.79 Å². The van der Waals surface area contributed by atoms with Gasteiger partial charge in [0.15, 0.2) is 23.3 Å². The third kappa shape index (κ3) is 4.33. The predicted molar refractivity (Wildman–Crippen MR) is 90.2 cm³/mol. The largest absolute Gasteiger partial charge is 0.462 e. The molecule has 0 amide bonds. The first-order valence-corrected chi connectivity index (χ1v) is 7.82. The molecule has 0 spiro atoms. The van der Waals surface area contributed by atoms with Gasteiger partial charge < -0.3 is 9.64 Å². The number of para-hydroxylation sites is 1. The van der Waals surface area contributed by atoms with Gasteiger partial charge in [-0.2, -0.15) is 0 Å². The Labute approximate surface area is 152 Å². The number of hydrogen-bond acceptors (Lipinski definition) is 4. The molecule has 0 saturated heterocycles. The monoisotopic (exact) mass is 381 g/mol. The number of rotatable bonds is 6. The van der Waals surface area contributed by atoms with E-state index in [2.05, 4.69) is 0 Å². The van der Waals surface area contributed by atoms with Crippen LogP contribution in [0.4, 0.5) is 23.2 Å². The van der Waals surface area contributed by atoms with Gasteiger partial charge in [0.2, 0.25) is 5.78 Å². The van der Waals surface area contributed by atoms with Gasteiger partial charge in [-0.25, -0.2) is 22.4 Å². The molecule has 27 heavy (non-hydrogen) atoms. The molecule has 0 bridgehead atoms. The summed E-state index contributed by atoms with van der Waals surface area (Å²) >= 11 is 0. The Morgan fingerprint density at radius 2 is 1.67 bits per heavy atom. The number of ketones is 1. The lowest BCUT2D eigenvalue weighted by Gasteiger charge is -2.16. The topological polar surface area (TPSA) is 46.6 Å². The van der Waals surface area contributed by atoms with E-state index < -0.39 is 46.2 Å². The molecule has 0 aromatic heterocycles. The molecule has 2 rings (SSSR count). The molecule has 0 aliphatic heterocycles. The maximum atomic E-state index is 14.0. The fourth-order valence-electron chi connectivity index (χ4n) is 2.23. The molecule has 0 aliphatic rings. The second-order valence-corrected chi connectivity index (χ2v) is 5.39. The van der Waals surface area contributed by atoms with E-state index in [1.807, 2.05) is 0 Å². The summed E-state index contributed by atoms with van der Waals surface area (Å²) < 4.78 is 58.8. The fraction of sp³-hybridized carbons (Fsp3) is 0.158. The zero-order chi connectivity index (χ0) is 20.1. The van der Waals surface area contributed by atoms with E-state index in [1.54, 1.807) is 30.3 Å². The van der Waals surface area contributed by atoms with E-state index in [0.29, 0.717) is 5.69 Å². The van der Waals surface area contributed by atoms with Gasteiger partial charge in [0.1, 0.15) is 5.57 Å². The molecule has 0 atom stereocenters. The quantitative estimate of drug-likeness (QED) is 0.111. The zero-order valence-corrected chi connectivity index (χ0v) is 14.4. The molecule has 0 saturated carbocycles. The maximum Gasteiger partial charge on any atom is 0.343 e. The summed E-state index contributed by atoms with van der Waals surface area (Å²) in [5.74, 6) is -10.3. The van der Waals surface area contributed by atoms with Gasteiger partial charge in [-0.05, 0) is 25.1 Å². The van der Waals surface area contributed by atoms with Crippen LogP contribution in [0, 0.1) is 23.3 Å². The molecular formula is C19H15F4NO3. The van der Waals surface area contributed by atoms with Crippen LogP contribution in [-0.4, -0.2) is 25.4 Å². The van der Waals surface area contributed by atoms with Crippen LogP contribution >= 0.6 is 0 Å². The van der Waals surface area contributed by atoms with Crippen molar-refractivity contribution in [1.29, 1.82) is 0 Å². The Hall–Kier alpha value is -3.16. The van der Waals surface area contributed by atoms with Crippen molar-refractivity contribution in [2.75, 3.05) is 18.6 Å². The number of anilines is 1. The number of carbonyl (C=O) groups excluding carboxylic acids is 2. The highest BCUT2D eigenvalue weighted by molar-refractivity contribution is 6.24. The molecule has 0 fully saturated rings. The van der Waals surface area contributed by atoms with Crippen molar-refractivity contribution in [3.05, 3.63) is 77.0 Å². The summed E-state index contributed by atoms with van der Waals surface area (Å²) in [5.41, 5.74) is -1.22. The van der Waals surface area contributed by atoms with Gasteiger partial charge in [0, 0.05) is 18.9 Å². The van der Waals surface area contributed by atoms with Crippen molar-refractivity contribution in [3.8, 4) is 0 Å². The number of Topliss-reactive ketones (excluding diaryl/α,β-unsaturated/α-hetero) is 1. The first-order valence-electron chi connectivity index (χ1n) is 7.82. The molecule has 0 aliphatic carbocycles. The lowest BCUT2D eigenvalue weighted by atomic mass is 10.0. The van der Waals surface area contributed by atoms with Crippen LogP contribution in [0.15, 0.2) is 48.2 Å². The van der Waals surface area contributed by atoms with E-state index >= 15 is 0 Å². The molecule has 142 valence electrons. The molecule has 0 heterocycles. The Morgan fingerprint density at radius 3 is 2.26 bits per heavy atom. The van der Waals surface area contributed by atoms with Gasteiger partial charge in [-0.1, -0.05) is 18.2 Å². The van der Waals surface area contributed by atoms with Crippen molar-refractivity contribution in [1.82, 2.24) is 0 Å². The number of nitrogens with zero attached hydrogens (tertiary/aromatic N) is 1. The highest BCUT2D eigenvalue weighted by atomic mass is 19.2. The van der Waals surface area contributed by atoms with Crippen LogP contribution < -0.4 is 4.90 Å². The molecule has 4 nitrogen and oxygen atoms in total. The summed E-state index contributed by atoms with van der Waals surface area (Å²) in [4.78, 5) is 26.1. The predicted octanol–water partition coefficient (Wildman–Crippen LogP) is 4.01. The molecule has 2 aromatic carbocycles. The van der Waals surface area contributed by atoms with Crippen molar-refractivity contribution < 1.29 is 31.9 Å². The van der Waals surface area contributed by atoms with E-state index in [9.17, 15) is 27.2 Å². The van der Waals surface area contributed by atoms with Crippen molar-refractivity contribution in [2.45, 2.75) is 6.92 Å². The Balaban J connectivity index is 2.53. The second-order valence-electron chi connectivity index (χ2n) is 5.39. The average molecular weight is 381 g/mol. The minimum Gasteiger partial charge on any atom is -0.462 e. The van der Waals surface area contributed by atoms with Gasteiger partial charge in [-0.15, -0.1) is 0 Å². The number of esters is 1. The van der Waals surface area contributed by atoms with E-state index in [4.69, 9.17) is 4.74 Å². The van der Waals surface area contributed by atoms with Crippen LogP contribution in [0.5, 0.6) is 0 Å². The van der Waals surface area contributed by atoms with Crippen molar-refractivity contribution >= 4 is 17.4 Å². The molecule has 0 radical (unpaired) electrons. The van der Waals surface area contributed by atoms with Gasteiger partial charge in [0.25, 0.3) is 0 Å². The Kier molecular flexibility index (Phi) is 6.33. The minimum atomic E-state index is -2.14. The summed E-state index contributed by atoms with van der Waals surface area (Å²) in [6.45, 7) is 1.39. The molecule has 8 heteroatoms. The Bertz CT molecular complexity index is 898. The minimum absolute atomic E-state index is 0.0902. The SMILES string of the molecule is CCOC(=O)/C(=C\N(C)c1ccccc1)C(=O)c1cc(F)c(F)c(F)c1F. The van der Waals surface area contributed by atoms with Crippen LogP contribution in [0.3, 0.4) is 0 Å². The average Bonchev–Trinajstić information content (AvgIpc) is 2.67. The van der Waals surface area contributed by atoms with Crippen LogP contribution in [-0.2, 0) is 9.53 Å². The second kappa shape index (κ2) is 8.48. The maximum absolute atomic E-state index is 14.0. The smallest absolute Gasteiger partial charge is 0.343 e. The summed E-state index contributed by atoms with van der Waals surface area (Å²) in [5, 5.41) is 0. The summed E-state index contributed by atoms with van der Waals surface area (Å²) in [7, 11) is 1.50. The number of ether oxygens (including phenoxy) is 1. The number of hydrogen-bond donors (Lipinski definition) is 0. The van der Waals surface area contributed by atoms with Gasteiger partial charge >= 0.3 is 5.97 Å². The Morgan fingerprint density at radius 1 is 1.04 bits per heavy atom. The standard InChI is InChI=1S/C19H15F4NO3/c1-3-27-19(26)13(10-24(2)11-7-5-4-6-8-11)18(25)12-9-14(20)16(22)17(23)15(12)21/h4-10H,3H2,1-2H3/b13-10-. The molecule has 0 N–H and O–H groups in total. The molecule has 2 aromatic rings. The zero-order valence-electron chi connectivity index (χ0n) is 14.4. The van der Waals surface area contributed by atoms with E-state index in [-0.39, 0.29) is 12.7 Å². The number of halogens is 4. The van der Waals surface area contributed by atoms with Crippen LogP contribution in [0.1, 0.15) is 17.3 Å². The number of carbonyl (C=O) groups is 2. The molecular weight excluding hydrogens is 366 g/mol. The highest BCUT2D eigenvalue weighted by Gasteiger charge is 2.29. The van der Waals surface area contributed by atoms with Crippen LogP contribution in [0.2, 0.25) is 0 Å². The van der Waals surface area contributed by atoms with Crippen molar-refractivity contribution in [3.63, 3.8) is 0 Å². The first-order chi connectivity index (χ1) is 12.8. The fourth-order valence-corrected chi connectivity index (χ4v) is 2.23. The lowest BCUT2D eigenvalue weighted by Crippen LogP contribution is -2.22. The van der Waals surface area contributed by atoms with Gasteiger partial charge in [0.05, 0.1) is 12.2 Å². The van der Waals surface area contributed by atoms with Crippen molar-refractivity contribution in [2.24, 2.45) is 0 Å². The first kappa shape index (κ1) is 20.2. The summed E-state index contributed by atoms with van der Waals surface area (Å²) in [6.07, 6.45) is 1.05. The third-order valence-corrected chi connectivity index (χ3v) is 3.57. The van der Waals surface area contributed by atoms with Crippen LogP contribution in [0.25, 0.3) is 0 Å². The normalized spacial score (nSPS) is 11.3. The van der Waals surface area contributed by atoms with E-state index in [1.165, 1.54) is 18.9 Å². The number of benzene rings is 2. The third-order valence-electron chi connectivity index (χ3n) is 3.57. The lowest BCUT2D eigenvalue weighted by molar-refractivity contribution is -0.138. The molecule has 0 unspecified atom stereocenters. The highest BCUT2D eigenvalue weighted by Crippen LogP contribution is 2.23.